The monoisotopic (exact) mass is 394 g/mol. The van der Waals surface area contributed by atoms with E-state index in [1.807, 2.05) is 49.9 Å². The molecule has 0 bridgehead atoms. The van der Waals surface area contributed by atoms with Crippen LogP contribution in [0.25, 0.3) is 21.8 Å². The van der Waals surface area contributed by atoms with Crippen LogP contribution in [0.3, 0.4) is 0 Å². The van der Waals surface area contributed by atoms with E-state index in [1.165, 1.54) is 4.90 Å². The number of carbonyl (C=O) groups excluding carboxylic acids is 2. The van der Waals surface area contributed by atoms with Gasteiger partial charge in [0.15, 0.2) is 0 Å². The highest BCUT2D eigenvalue weighted by atomic mass is 16.2. The summed E-state index contributed by atoms with van der Waals surface area (Å²) < 4.78 is 1.88. The van der Waals surface area contributed by atoms with Crippen molar-refractivity contribution in [2.45, 2.75) is 13.0 Å². The predicted molar refractivity (Wildman–Crippen MR) is 112 cm³/mol. The third-order valence-corrected chi connectivity index (χ3v) is 5.33. The van der Waals surface area contributed by atoms with Crippen LogP contribution in [0.5, 0.6) is 0 Å². The highest BCUT2D eigenvalue weighted by molar-refractivity contribution is 6.28. The Morgan fingerprint density at radius 2 is 1.66 bits per heavy atom. The Balaban J connectivity index is 1.82. The summed E-state index contributed by atoms with van der Waals surface area (Å²) in [5, 5.41) is 10.2. The zero-order valence-electron chi connectivity index (χ0n) is 17.3. The maximum absolute atomic E-state index is 13.1. The van der Waals surface area contributed by atoms with Crippen LogP contribution in [0.4, 0.5) is 0 Å². The Labute approximate surface area is 169 Å². The van der Waals surface area contributed by atoms with Crippen molar-refractivity contribution >= 4 is 33.6 Å². The van der Waals surface area contributed by atoms with Gasteiger partial charge in [0.1, 0.15) is 5.52 Å². The molecule has 0 unspecified atom stereocenters. The molecule has 2 aromatic carbocycles. The van der Waals surface area contributed by atoms with E-state index in [-0.39, 0.29) is 11.8 Å². The molecule has 0 fully saturated rings. The second-order valence-corrected chi connectivity index (χ2v) is 8.05. The largest absolute Gasteiger partial charge is 0.309 e. The van der Waals surface area contributed by atoms with Crippen LogP contribution < -0.4 is 0 Å². The summed E-state index contributed by atoms with van der Waals surface area (Å²) in [4.78, 5) is 31.7. The number of imide groups is 1. The average molecular weight is 394 g/mol. The lowest BCUT2D eigenvalue weighted by Gasteiger charge is -2.28. The lowest BCUT2D eigenvalue weighted by atomic mass is 9.93. The number of amides is 2. The first kappa shape index (κ1) is 19.5. The second kappa shape index (κ2) is 7.53. The lowest BCUT2D eigenvalue weighted by molar-refractivity contribution is 0.0601. The molecule has 1 aromatic heterocycles. The summed E-state index contributed by atoms with van der Waals surface area (Å²) in [6.07, 6.45) is 0.935. The van der Waals surface area contributed by atoms with Crippen LogP contribution in [-0.2, 0) is 6.54 Å². The maximum Gasteiger partial charge on any atom is 0.261 e. The molecule has 3 aromatic rings. The number of benzene rings is 2. The van der Waals surface area contributed by atoms with Gasteiger partial charge in [0.2, 0.25) is 0 Å². The number of carbonyl (C=O) groups is 2. The van der Waals surface area contributed by atoms with E-state index < -0.39 is 0 Å². The number of likely N-dealkylation sites (N-methyl/N-ethyl adjacent to an activating group) is 1. The highest BCUT2D eigenvalue weighted by Crippen LogP contribution is 2.34. The molecule has 8 heteroatoms. The first-order valence-corrected chi connectivity index (χ1v) is 9.83. The fraction of sp³-hybridized carbons (Fsp3) is 0.429. The number of aryl methyl sites for hydroxylation is 1. The molecule has 1 aliphatic rings. The molecule has 152 valence electrons. The lowest BCUT2D eigenvalue weighted by Crippen LogP contribution is -2.43. The molecule has 29 heavy (non-hydrogen) atoms. The first-order chi connectivity index (χ1) is 13.9. The van der Waals surface area contributed by atoms with Crippen molar-refractivity contribution in [1.29, 1.82) is 0 Å². The van der Waals surface area contributed by atoms with Gasteiger partial charge in [-0.15, -0.1) is 5.10 Å². The van der Waals surface area contributed by atoms with Crippen LogP contribution in [-0.4, -0.2) is 89.3 Å². The SMILES string of the molecule is CN(C)CCCn1nnc2cc3c4c(cccc4c21)C(=O)N(CCN(C)C)C3=O. The quantitative estimate of drug-likeness (QED) is 0.568. The summed E-state index contributed by atoms with van der Waals surface area (Å²) in [5.74, 6) is -0.495. The minimum Gasteiger partial charge on any atom is -0.309 e. The minimum atomic E-state index is -0.260. The van der Waals surface area contributed by atoms with Gasteiger partial charge in [-0.25, -0.2) is 4.68 Å². The number of nitrogens with zero attached hydrogens (tertiary/aromatic N) is 6. The smallest absolute Gasteiger partial charge is 0.261 e. The Hall–Kier alpha value is -2.84. The van der Waals surface area contributed by atoms with Gasteiger partial charge >= 0.3 is 0 Å². The van der Waals surface area contributed by atoms with E-state index in [2.05, 4.69) is 15.2 Å². The molecule has 1 aliphatic heterocycles. The van der Waals surface area contributed by atoms with Crippen molar-refractivity contribution in [2.75, 3.05) is 47.8 Å². The fourth-order valence-electron chi connectivity index (χ4n) is 3.88. The molecule has 0 saturated carbocycles. The van der Waals surface area contributed by atoms with E-state index in [1.54, 1.807) is 12.1 Å². The number of hydrogen-bond donors (Lipinski definition) is 0. The number of fused-ring (bicyclic) bond motifs is 2. The van der Waals surface area contributed by atoms with Crippen LogP contribution in [0.15, 0.2) is 24.3 Å². The molecule has 8 nitrogen and oxygen atoms in total. The Morgan fingerprint density at radius 1 is 0.931 bits per heavy atom. The van der Waals surface area contributed by atoms with E-state index in [0.717, 1.165) is 30.4 Å². The van der Waals surface area contributed by atoms with E-state index in [4.69, 9.17) is 0 Å². The molecule has 0 aliphatic carbocycles. The third-order valence-electron chi connectivity index (χ3n) is 5.33. The predicted octanol–water partition coefficient (Wildman–Crippen LogP) is 1.69. The summed E-state index contributed by atoms with van der Waals surface area (Å²) in [6.45, 7) is 2.65. The molecule has 4 rings (SSSR count). The highest BCUT2D eigenvalue weighted by Gasteiger charge is 2.34. The van der Waals surface area contributed by atoms with Crippen LogP contribution in [0, 0.1) is 0 Å². The number of hydrogen-bond acceptors (Lipinski definition) is 6. The van der Waals surface area contributed by atoms with Crippen molar-refractivity contribution in [2.24, 2.45) is 0 Å². The molecular weight excluding hydrogens is 368 g/mol. The Kier molecular flexibility index (Phi) is 5.06. The van der Waals surface area contributed by atoms with Crippen LogP contribution >= 0.6 is 0 Å². The van der Waals surface area contributed by atoms with Gasteiger partial charge in [-0.05, 0) is 53.3 Å². The van der Waals surface area contributed by atoms with Gasteiger partial charge in [0.25, 0.3) is 11.8 Å². The number of aromatic nitrogens is 3. The summed E-state index contributed by atoms with van der Waals surface area (Å²) >= 11 is 0. The van der Waals surface area contributed by atoms with Crippen LogP contribution in [0.2, 0.25) is 0 Å². The van der Waals surface area contributed by atoms with Gasteiger partial charge in [0, 0.05) is 36.0 Å². The van der Waals surface area contributed by atoms with E-state index in [9.17, 15) is 9.59 Å². The Bertz CT molecular complexity index is 1100. The standard InChI is InChI=1S/C21H26N6O2/c1-24(2)9-6-10-27-19-14-7-5-8-15-18(14)16(13-17(19)22-23-27)21(29)26(20(15)28)12-11-25(3)4/h5,7-8,13H,6,9-12H2,1-4H3. The zero-order valence-corrected chi connectivity index (χ0v) is 17.3. The van der Waals surface area contributed by atoms with E-state index in [0.29, 0.717) is 35.1 Å². The molecule has 2 heterocycles. The molecule has 0 spiro atoms. The second-order valence-electron chi connectivity index (χ2n) is 8.05. The van der Waals surface area contributed by atoms with Gasteiger partial charge in [-0.2, -0.15) is 0 Å². The van der Waals surface area contributed by atoms with Gasteiger partial charge < -0.3 is 9.80 Å². The topological polar surface area (TPSA) is 74.6 Å². The summed E-state index contributed by atoms with van der Waals surface area (Å²) in [5.41, 5.74) is 2.66. The molecule has 0 N–H and O–H groups in total. The molecule has 0 atom stereocenters. The van der Waals surface area contributed by atoms with Crippen LogP contribution in [0.1, 0.15) is 27.1 Å². The van der Waals surface area contributed by atoms with E-state index >= 15 is 0 Å². The third kappa shape index (κ3) is 3.38. The fourth-order valence-corrected chi connectivity index (χ4v) is 3.88. The molecule has 0 radical (unpaired) electrons. The normalized spacial score (nSPS) is 14.2. The van der Waals surface area contributed by atoms with Gasteiger partial charge in [0.05, 0.1) is 11.1 Å². The van der Waals surface area contributed by atoms with Gasteiger partial charge in [-0.1, -0.05) is 17.3 Å². The minimum absolute atomic E-state index is 0.235. The van der Waals surface area contributed by atoms with Crippen molar-refractivity contribution in [1.82, 2.24) is 29.7 Å². The maximum atomic E-state index is 13.1. The molecule has 0 saturated heterocycles. The van der Waals surface area contributed by atoms with Crippen molar-refractivity contribution < 1.29 is 9.59 Å². The molecular formula is C21H26N6O2. The van der Waals surface area contributed by atoms with Crippen molar-refractivity contribution in [3.8, 4) is 0 Å². The first-order valence-electron chi connectivity index (χ1n) is 9.83. The summed E-state index contributed by atoms with van der Waals surface area (Å²) in [7, 11) is 7.93. The van der Waals surface area contributed by atoms with Gasteiger partial charge in [-0.3, -0.25) is 14.5 Å². The zero-order chi connectivity index (χ0) is 20.7. The average Bonchev–Trinajstić information content (AvgIpc) is 3.08. The molecule has 2 amide bonds. The summed E-state index contributed by atoms with van der Waals surface area (Å²) in [6, 6.07) is 7.41. The number of rotatable bonds is 7. The van der Waals surface area contributed by atoms with Crippen molar-refractivity contribution in [3.05, 3.63) is 35.4 Å². The van der Waals surface area contributed by atoms with Crippen molar-refractivity contribution in [3.63, 3.8) is 0 Å². The Morgan fingerprint density at radius 3 is 2.38 bits per heavy atom.